The van der Waals surface area contributed by atoms with Gasteiger partial charge in [0.05, 0.1) is 7.11 Å². The fraction of sp³-hybridized carbons (Fsp3) is 0.143. The van der Waals surface area contributed by atoms with E-state index < -0.39 is 6.10 Å². The highest BCUT2D eigenvalue weighted by Gasteiger charge is 2.17. The summed E-state index contributed by atoms with van der Waals surface area (Å²) in [6, 6.07) is 12.3. The van der Waals surface area contributed by atoms with Gasteiger partial charge >= 0.3 is 0 Å². The lowest BCUT2D eigenvalue weighted by atomic mass is 10.0. The van der Waals surface area contributed by atoms with E-state index in [0.29, 0.717) is 26.9 Å². The van der Waals surface area contributed by atoms with Crippen molar-refractivity contribution in [1.82, 2.24) is 0 Å². The van der Waals surface area contributed by atoms with Crippen LogP contribution in [0.4, 0.5) is 0 Å². The van der Waals surface area contributed by atoms with Crippen molar-refractivity contribution >= 4 is 23.2 Å². The van der Waals surface area contributed by atoms with Gasteiger partial charge in [-0.2, -0.15) is 0 Å². The number of para-hydroxylation sites is 1. The van der Waals surface area contributed by atoms with Crippen molar-refractivity contribution in [3.8, 4) is 5.75 Å². The van der Waals surface area contributed by atoms with Crippen LogP contribution in [0.2, 0.25) is 10.0 Å². The maximum absolute atomic E-state index is 10.4. The number of rotatable bonds is 3. The van der Waals surface area contributed by atoms with Gasteiger partial charge in [-0.15, -0.1) is 0 Å². The second kappa shape index (κ2) is 5.61. The molecular weight excluding hydrogens is 271 g/mol. The molecule has 1 unspecified atom stereocenters. The number of hydrogen-bond donors (Lipinski definition) is 1. The number of aliphatic hydroxyl groups excluding tert-OH is 1. The van der Waals surface area contributed by atoms with Gasteiger partial charge in [0.15, 0.2) is 0 Å². The van der Waals surface area contributed by atoms with Gasteiger partial charge < -0.3 is 9.84 Å². The Bertz CT molecular complexity index is 555. The average molecular weight is 283 g/mol. The van der Waals surface area contributed by atoms with Crippen molar-refractivity contribution in [1.29, 1.82) is 0 Å². The molecule has 0 aromatic heterocycles. The van der Waals surface area contributed by atoms with Gasteiger partial charge in [-0.25, -0.2) is 0 Å². The van der Waals surface area contributed by atoms with E-state index in [9.17, 15) is 5.11 Å². The van der Waals surface area contributed by atoms with Gasteiger partial charge in [0, 0.05) is 21.2 Å². The molecule has 2 aromatic rings. The molecule has 0 aliphatic heterocycles. The van der Waals surface area contributed by atoms with Gasteiger partial charge in [-0.3, -0.25) is 0 Å². The van der Waals surface area contributed by atoms with Gasteiger partial charge in [0.1, 0.15) is 11.9 Å². The zero-order valence-corrected chi connectivity index (χ0v) is 11.2. The third-order valence-electron chi connectivity index (χ3n) is 2.69. The van der Waals surface area contributed by atoms with E-state index in [-0.39, 0.29) is 0 Å². The Morgan fingerprint density at radius 3 is 2.50 bits per heavy atom. The second-order valence-corrected chi connectivity index (χ2v) is 4.65. The highest BCUT2D eigenvalue weighted by atomic mass is 35.5. The highest BCUT2D eigenvalue weighted by molar-refractivity contribution is 6.33. The second-order valence-electron chi connectivity index (χ2n) is 3.81. The van der Waals surface area contributed by atoms with Gasteiger partial charge in [0.2, 0.25) is 0 Å². The summed E-state index contributed by atoms with van der Waals surface area (Å²) in [6.45, 7) is 0. The molecule has 0 bridgehead atoms. The molecule has 0 aliphatic carbocycles. The van der Waals surface area contributed by atoms with Crippen LogP contribution in [0.5, 0.6) is 5.75 Å². The van der Waals surface area contributed by atoms with Crippen molar-refractivity contribution in [2.45, 2.75) is 6.10 Å². The number of ether oxygens (including phenoxy) is 1. The van der Waals surface area contributed by atoms with Crippen LogP contribution >= 0.6 is 23.2 Å². The van der Waals surface area contributed by atoms with Crippen LogP contribution in [-0.4, -0.2) is 12.2 Å². The minimum Gasteiger partial charge on any atom is -0.496 e. The Labute approximate surface area is 116 Å². The molecule has 0 radical (unpaired) electrons. The molecule has 0 saturated carbocycles. The smallest absolute Gasteiger partial charge is 0.125 e. The maximum atomic E-state index is 10.4. The summed E-state index contributed by atoms with van der Waals surface area (Å²) in [7, 11) is 1.56. The molecule has 2 rings (SSSR count). The van der Waals surface area contributed by atoms with Gasteiger partial charge in [-0.05, 0) is 24.3 Å². The Morgan fingerprint density at radius 2 is 1.78 bits per heavy atom. The molecule has 2 aromatic carbocycles. The zero-order chi connectivity index (χ0) is 13.1. The third kappa shape index (κ3) is 2.61. The van der Waals surface area contributed by atoms with Gasteiger partial charge in [-0.1, -0.05) is 41.4 Å². The first-order chi connectivity index (χ1) is 8.63. The molecule has 0 aliphatic rings. The van der Waals surface area contributed by atoms with E-state index in [1.807, 2.05) is 12.1 Å². The van der Waals surface area contributed by atoms with E-state index in [1.54, 1.807) is 37.4 Å². The van der Waals surface area contributed by atoms with Crippen LogP contribution in [-0.2, 0) is 0 Å². The summed E-state index contributed by atoms with van der Waals surface area (Å²) in [5.41, 5.74) is 1.22. The Morgan fingerprint density at radius 1 is 1.06 bits per heavy atom. The first-order valence-electron chi connectivity index (χ1n) is 5.39. The number of benzene rings is 2. The molecule has 0 spiro atoms. The van der Waals surface area contributed by atoms with Gasteiger partial charge in [0.25, 0.3) is 0 Å². The van der Waals surface area contributed by atoms with E-state index >= 15 is 0 Å². The molecule has 0 saturated heterocycles. The average Bonchev–Trinajstić information content (AvgIpc) is 2.40. The summed E-state index contributed by atoms with van der Waals surface area (Å²) < 4.78 is 5.22. The molecule has 1 atom stereocenters. The molecule has 2 nitrogen and oxygen atoms in total. The van der Waals surface area contributed by atoms with Crippen LogP contribution in [0.1, 0.15) is 17.2 Å². The van der Waals surface area contributed by atoms with Crippen molar-refractivity contribution in [3.05, 3.63) is 63.6 Å². The Kier molecular flexibility index (Phi) is 4.12. The van der Waals surface area contributed by atoms with Crippen molar-refractivity contribution < 1.29 is 9.84 Å². The summed E-state index contributed by atoms with van der Waals surface area (Å²) >= 11 is 12.0. The largest absolute Gasteiger partial charge is 0.496 e. The summed E-state index contributed by atoms with van der Waals surface area (Å²) in [5, 5.41) is 11.4. The first kappa shape index (κ1) is 13.2. The predicted octanol–water partition coefficient (Wildman–Crippen LogP) is 4.08. The zero-order valence-electron chi connectivity index (χ0n) is 9.73. The lowest BCUT2D eigenvalue weighted by Gasteiger charge is -2.16. The topological polar surface area (TPSA) is 29.5 Å². The predicted molar refractivity (Wildman–Crippen MR) is 73.5 cm³/mol. The lowest BCUT2D eigenvalue weighted by molar-refractivity contribution is 0.215. The summed E-state index contributed by atoms with van der Waals surface area (Å²) in [4.78, 5) is 0. The normalized spacial score (nSPS) is 12.2. The third-order valence-corrected chi connectivity index (χ3v) is 3.27. The van der Waals surface area contributed by atoms with Crippen LogP contribution in [0.25, 0.3) is 0 Å². The number of halogens is 2. The minimum atomic E-state index is -0.868. The van der Waals surface area contributed by atoms with Crippen molar-refractivity contribution in [2.24, 2.45) is 0 Å². The molecule has 0 heterocycles. The fourth-order valence-corrected chi connectivity index (χ4v) is 2.19. The summed E-state index contributed by atoms with van der Waals surface area (Å²) in [6.07, 6.45) is -0.868. The molecule has 0 amide bonds. The molecule has 94 valence electrons. The Hall–Kier alpha value is -1.22. The SMILES string of the molecule is COc1ccccc1C(O)c1cc(Cl)ccc1Cl. The summed E-state index contributed by atoms with van der Waals surface area (Å²) in [5.74, 6) is 0.612. The number of methoxy groups -OCH3 is 1. The first-order valence-corrected chi connectivity index (χ1v) is 6.15. The molecule has 4 heteroatoms. The highest BCUT2D eigenvalue weighted by Crippen LogP contribution is 2.34. The lowest BCUT2D eigenvalue weighted by Crippen LogP contribution is -2.03. The van der Waals surface area contributed by atoms with E-state index in [0.717, 1.165) is 0 Å². The number of hydrogen-bond acceptors (Lipinski definition) is 2. The van der Waals surface area contributed by atoms with Crippen LogP contribution in [0, 0.1) is 0 Å². The maximum Gasteiger partial charge on any atom is 0.125 e. The van der Waals surface area contributed by atoms with Crippen molar-refractivity contribution in [2.75, 3.05) is 7.11 Å². The van der Waals surface area contributed by atoms with Crippen molar-refractivity contribution in [3.63, 3.8) is 0 Å². The number of aliphatic hydroxyl groups is 1. The molecular formula is C14H12Cl2O2. The van der Waals surface area contributed by atoms with E-state index in [1.165, 1.54) is 0 Å². The Balaban J connectivity index is 2.47. The van der Waals surface area contributed by atoms with Crippen LogP contribution < -0.4 is 4.74 Å². The fourth-order valence-electron chi connectivity index (χ4n) is 1.78. The van der Waals surface area contributed by atoms with Crippen LogP contribution in [0.15, 0.2) is 42.5 Å². The van der Waals surface area contributed by atoms with E-state index in [2.05, 4.69) is 0 Å². The quantitative estimate of drug-likeness (QED) is 0.919. The molecule has 0 fully saturated rings. The molecule has 1 N–H and O–H groups in total. The van der Waals surface area contributed by atoms with Crippen LogP contribution in [0.3, 0.4) is 0 Å². The molecule has 18 heavy (non-hydrogen) atoms. The monoisotopic (exact) mass is 282 g/mol. The van der Waals surface area contributed by atoms with E-state index in [4.69, 9.17) is 27.9 Å². The standard InChI is InChI=1S/C14H12Cl2O2/c1-18-13-5-3-2-4-10(13)14(17)11-8-9(15)6-7-12(11)16/h2-8,14,17H,1H3. The minimum absolute atomic E-state index is 0.470.